The molecule has 0 unspecified atom stereocenters. The quantitative estimate of drug-likeness (QED) is 0.385. The van der Waals surface area contributed by atoms with Crippen LogP contribution in [0.15, 0.2) is 79.1 Å². The van der Waals surface area contributed by atoms with Gasteiger partial charge in [0.15, 0.2) is 0 Å². The molecule has 4 rings (SSSR count). The summed E-state index contributed by atoms with van der Waals surface area (Å²) in [7, 11) is 0. The van der Waals surface area contributed by atoms with Gasteiger partial charge in [-0.25, -0.2) is 9.18 Å². The maximum absolute atomic E-state index is 13.8. The fourth-order valence-corrected chi connectivity index (χ4v) is 2.87. The topological polar surface area (TPSA) is 79.0 Å². The van der Waals surface area contributed by atoms with Crippen LogP contribution in [0.5, 0.6) is 11.5 Å². The lowest BCUT2D eigenvalue weighted by Gasteiger charge is -2.10. The summed E-state index contributed by atoms with van der Waals surface area (Å²) in [6.45, 7) is 1.82. The lowest BCUT2D eigenvalue weighted by Crippen LogP contribution is -2.20. The Hall–Kier alpha value is -4.13. The molecular weight excluding hydrogens is 383 g/mol. The highest BCUT2D eigenvalue weighted by Gasteiger charge is 2.08. The van der Waals surface area contributed by atoms with Gasteiger partial charge in [-0.2, -0.15) is 0 Å². The number of pyridine rings is 1. The average Bonchev–Trinajstić information content (AvgIpc) is 3.27. The van der Waals surface area contributed by atoms with Crippen LogP contribution in [-0.2, 0) is 0 Å². The van der Waals surface area contributed by atoms with Gasteiger partial charge in [-0.05, 0) is 67.1 Å². The summed E-state index contributed by atoms with van der Waals surface area (Å²) in [6.07, 6.45) is 3.51. The Bertz CT molecular complexity index is 1160. The lowest BCUT2D eigenvalue weighted by atomic mass is 10.2. The second-order valence-corrected chi connectivity index (χ2v) is 6.65. The number of H-pyrrole nitrogens is 1. The highest BCUT2D eigenvalue weighted by molar-refractivity contribution is 5.99. The van der Waals surface area contributed by atoms with E-state index in [1.165, 1.54) is 6.07 Å². The number of carbonyl (C=O) groups is 1. The molecule has 0 saturated heterocycles. The number of urea groups is 1. The summed E-state index contributed by atoms with van der Waals surface area (Å²) in [5.41, 5.74) is 3.20. The van der Waals surface area contributed by atoms with E-state index in [4.69, 9.17) is 4.74 Å². The Labute approximate surface area is 172 Å². The van der Waals surface area contributed by atoms with Crippen molar-refractivity contribution in [1.29, 1.82) is 0 Å². The molecule has 4 aromatic rings. The molecule has 3 N–H and O–H groups in total. The van der Waals surface area contributed by atoms with Crippen molar-refractivity contribution >= 4 is 17.4 Å². The smallest absolute Gasteiger partial charge is 0.323 e. The highest BCUT2D eigenvalue weighted by atomic mass is 19.1. The van der Waals surface area contributed by atoms with Gasteiger partial charge in [-0.15, -0.1) is 0 Å². The van der Waals surface area contributed by atoms with E-state index in [1.807, 2.05) is 31.3 Å². The van der Waals surface area contributed by atoms with Gasteiger partial charge in [-0.1, -0.05) is 6.07 Å². The normalized spacial score (nSPS) is 10.5. The van der Waals surface area contributed by atoms with Crippen molar-refractivity contribution < 1.29 is 13.9 Å². The summed E-state index contributed by atoms with van der Waals surface area (Å²) in [4.78, 5) is 19.6. The van der Waals surface area contributed by atoms with Crippen LogP contribution in [0.3, 0.4) is 0 Å². The molecule has 7 heteroatoms. The van der Waals surface area contributed by atoms with Gasteiger partial charge in [0.05, 0.1) is 17.1 Å². The summed E-state index contributed by atoms with van der Waals surface area (Å²) < 4.78 is 19.7. The van der Waals surface area contributed by atoms with Gasteiger partial charge in [-0.3, -0.25) is 4.98 Å². The summed E-state index contributed by atoms with van der Waals surface area (Å²) in [5.74, 6) is 0.757. The number of aryl methyl sites for hydroxylation is 1. The van der Waals surface area contributed by atoms with E-state index in [1.54, 1.807) is 48.7 Å². The Morgan fingerprint density at radius 1 is 1.00 bits per heavy atom. The summed E-state index contributed by atoms with van der Waals surface area (Å²) >= 11 is 0. The SMILES string of the molecule is Cc1ccc(F)c(NC(=O)Nc2ccc(Oc3ccnc(-c4ccc[nH]4)c3)cc2)c1. The van der Waals surface area contributed by atoms with E-state index < -0.39 is 11.8 Å². The molecule has 0 bridgehead atoms. The van der Waals surface area contributed by atoms with E-state index in [0.717, 1.165) is 17.0 Å². The third-order valence-corrected chi connectivity index (χ3v) is 4.32. The monoisotopic (exact) mass is 402 g/mol. The predicted molar refractivity (Wildman–Crippen MR) is 114 cm³/mol. The fourth-order valence-electron chi connectivity index (χ4n) is 2.87. The molecule has 0 atom stereocenters. The number of benzene rings is 2. The highest BCUT2D eigenvalue weighted by Crippen LogP contribution is 2.26. The Morgan fingerprint density at radius 2 is 1.83 bits per heavy atom. The van der Waals surface area contributed by atoms with E-state index >= 15 is 0 Å². The van der Waals surface area contributed by atoms with Crippen LogP contribution in [0.4, 0.5) is 20.6 Å². The molecule has 2 amide bonds. The number of anilines is 2. The van der Waals surface area contributed by atoms with Crippen molar-refractivity contribution in [2.75, 3.05) is 10.6 Å². The maximum atomic E-state index is 13.8. The zero-order valence-electron chi connectivity index (χ0n) is 16.1. The molecule has 2 aromatic heterocycles. The zero-order valence-corrected chi connectivity index (χ0v) is 16.1. The molecule has 2 heterocycles. The van der Waals surface area contributed by atoms with Crippen LogP contribution in [0, 0.1) is 12.7 Å². The zero-order chi connectivity index (χ0) is 20.9. The van der Waals surface area contributed by atoms with E-state index in [0.29, 0.717) is 17.2 Å². The molecular formula is C23H19FN4O2. The first-order valence-electron chi connectivity index (χ1n) is 9.29. The molecule has 150 valence electrons. The van der Waals surface area contributed by atoms with Crippen molar-refractivity contribution in [2.24, 2.45) is 0 Å². The van der Waals surface area contributed by atoms with Gasteiger partial charge in [0, 0.05) is 24.1 Å². The minimum atomic E-state index is -0.530. The molecule has 0 saturated carbocycles. The van der Waals surface area contributed by atoms with Gasteiger partial charge in [0.1, 0.15) is 17.3 Å². The van der Waals surface area contributed by atoms with Gasteiger partial charge < -0.3 is 20.4 Å². The molecule has 30 heavy (non-hydrogen) atoms. The number of carbonyl (C=O) groups excluding carboxylic acids is 1. The number of aromatic amines is 1. The van der Waals surface area contributed by atoms with Crippen molar-refractivity contribution in [3.8, 4) is 22.9 Å². The second kappa shape index (κ2) is 8.48. The van der Waals surface area contributed by atoms with Crippen LogP contribution in [-0.4, -0.2) is 16.0 Å². The van der Waals surface area contributed by atoms with Crippen molar-refractivity contribution in [3.63, 3.8) is 0 Å². The minimum absolute atomic E-state index is 0.128. The van der Waals surface area contributed by atoms with Gasteiger partial charge in [0.25, 0.3) is 0 Å². The van der Waals surface area contributed by atoms with Gasteiger partial charge in [0.2, 0.25) is 0 Å². The number of aromatic nitrogens is 2. The third-order valence-electron chi connectivity index (χ3n) is 4.32. The molecule has 0 aliphatic rings. The Balaban J connectivity index is 1.39. The van der Waals surface area contributed by atoms with E-state index in [-0.39, 0.29) is 5.69 Å². The molecule has 6 nitrogen and oxygen atoms in total. The molecule has 0 aliphatic heterocycles. The maximum Gasteiger partial charge on any atom is 0.323 e. The number of nitrogens with zero attached hydrogens (tertiary/aromatic N) is 1. The predicted octanol–water partition coefficient (Wildman–Crippen LogP) is 5.96. The van der Waals surface area contributed by atoms with Crippen LogP contribution < -0.4 is 15.4 Å². The lowest BCUT2D eigenvalue weighted by molar-refractivity contribution is 0.262. The number of nitrogens with one attached hydrogen (secondary N) is 3. The van der Waals surface area contributed by atoms with Crippen LogP contribution in [0.1, 0.15) is 5.56 Å². The standard InChI is InChI=1S/C23H19FN4O2/c1-15-4-9-19(24)21(13-15)28-23(29)27-16-5-7-17(8-6-16)30-18-10-12-26-22(14-18)20-3-2-11-25-20/h2-14,25H,1H3,(H2,27,28,29). The van der Waals surface area contributed by atoms with Crippen molar-refractivity contribution in [2.45, 2.75) is 6.92 Å². The van der Waals surface area contributed by atoms with E-state index in [9.17, 15) is 9.18 Å². The van der Waals surface area contributed by atoms with Crippen molar-refractivity contribution in [1.82, 2.24) is 9.97 Å². The fraction of sp³-hybridized carbons (Fsp3) is 0.0435. The largest absolute Gasteiger partial charge is 0.457 e. The molecule has 2 aromatic carbocycles. The Morgan fingerprint density at radius 3 is 2.60 bits per heavy atom. The average molecular weight is 402 g/mol. The first kappa shape index (κ1) is 19.2. The molecule has 0 fully saturated rings. The Kier molecular flexibility index (Phi) is 5.43. The molecule has 0 radical (unpaired) electrons. The number of halogens is 1. The number of ether oxygens (including phenoxy) is 1. The van der Waals surface area contributed by atoms with Crippen LogP contribution in [0.25, 0.3) is 11.4 Å². The number of hydrogen-bond donors (Lipinski definition) is 3. The van der Waals surface area contributed by atoms with E-state index in [2.05, 4.69) is 20.6 Å². The summed E-state index contributed by atoms with van der Waals surface area (Å²) in [6, 6.07) is 18.3. The first-order chi connectivity index (χ1) is 14.6. The summed E-state index contributed by atoms with van der Waals surface area (Å²) in [5, 5.41) is 5.18. The molecule has 0 aliphatic carbocycles. The second-order valence-electron chi connectivity index (χ2n) is 6.65. The number of amides is 2. The number of hydrogen-bond acceptors (Lipinski definition) is 3. The van der Waals surface area contributed by atoms with Gasteiger partial charge >= 0.3 is 6.03 Å². The van der Waals surface area contributed by atoms with Crippen molar-refractivity contribution in [3.05, 3.63) is 90.5 Å². The van der Waals surface area contributed by atoms with Crippen LogP contribution >= 0.6 is 0 Å². The number of rotatable bonds is 5. The minimum Gasteiger partial charge on any atom is -0.457 e. The molecule has 0 spiro atoms. The van der Waals surface area contributed by atoms with Crippen LogP contribution in [0.2, 0.25) is 0 Å². The third kappa shape index (κ3) is 4.64. The first-order valence-corrected chi connectivity index (χ1v) is 9.29.